The van der Waals surface area contributed by atoms with Crippen LogP contribution in [0.1, 0.15) is 33.4 Å². The van der Waals surface area contributed by atoms with E-state index in [9.17, 15) is 0 Å². The Morgan fingerprint density at radius 1 is 1.20 bits per heavy atom. The molecule has 1 rings (SSSR count). The zero-order valence-electron chi connectivity index (χ0n) is 10.3. The van der Waals surface area contributed by atoms with Crippen molar-refractivity contribution in [1.82, 2.24) is 9.88 Å². The fraction of sp³-hybridized carbons (Fsp3) is 0.615. The van der Waals surface area contributed by atoms with E-state index in [2.05, 4.69) is 49.7 Å². The molecule has 0 atom stereocenters. The van der Waals surface area contributed by atoms with Crippen molar-refractivity contribution in [1.29, 1.82) is 0 Å². The van der Waals surface area contributed by atoms with Gasteiger partial charge in [-0.1, -0.05) is 19.9 Å². The first-order valence-electron chi connectivity index (χ1n) is 5.73. The van der Waals surface area contributed by atoms with E-state index in [0.717, 1.165) is 18.8 Å². The smallest absolute Gasteiger partial charge is 0.0544 e. The summed E-state index contributed by atoms with van der Waals surface area (Å²) < 4.78 is 0. The second-order valence-corrected chi connectivity index (χ2v) is 4.74. The van der Waals surface area contributed by atoms with Crippen molar-refractivity contribution in [3.8, 4) is 0 Å². The van der Waals surface area contributed by atoms with Crippen LogP contribution in [0.5, 0.6) is 0 Å². The minimum Gasteiger partial charge on any atom is -0.295 e. The molecule has 1 heterocycles. The molecule has 1 aromatic rings. The SMILES string of the molecule is CC(C)CN(Cc1ccccn1)C(C)C. The second-order valence-electron chi connectivity index (χ2n) is 4.74. The van der Waals surface area contributed by atoms with Gasteiger partial charge in [-0.05, 0) is 31.9 Å². The Morgan fingerprint density at radius 2 is 1.93 bits per heavy atom. The number of rotatable bonds is 5. The van der Waals surface area contributed by atoms with Crippen molar-refractivity contribution in [2.45, 2.75) is 40.3 Å². The predicted octanol–water partition coefficient (Wildman–Crippen LogP) is 2.95. The van der Waals surface area contributed by atoms with Crippen molar-refractivity contribution >= 4 is 0 Å². The molecule has 0 fully saturated rings. The van der Waals surface area contributed by atoms with E-state index in [1.165, 1.54) is 0 Å². The van der Waals surface area contributed by atoms with Gasteiger partial charge in [0.25, 0.3) is 0 Å². The standard InChI is InChI=1S/C13H22N2/c1-11(2)9-15(12(3)4)10-13-7-5-6-8-14-13/h5-8,11-12H,9-10H2,1-4H3. The summed E-state index contributed by atoms with van der Waals surface area (Å²) in [5.74, 6) is 0.705. The van der Waals surface area contributed by atoms with Crippen LogP contribution in [0.4, 0.5) is 0 Å². The van der Waals surface area contributed by atoms with E-state index < -0.39 is 0 Å². The first kappa shape index (κ1) is 12.2. The number of pyridine rings is 1. The summed E-state index contributed by atoms with van der Waals surface area (Å²) in [5.41, 5.74) is 1.16. The Morgan fingerprint density at radius 3 is 2.40 bits per heavy atom. The molecule has 0 aliphatic rings. The highest BCUT2D eigenvalue weighted by atomic mass is 15.2. The summed E-state index contributed by atoms with van der Waals surface area (Å²) in [6, 6.07) is 6.69. The van der Waals surface area contributed by atoms with Crippen LogP contribution >= 0.6 is 0 Å². The number of hydrogen-bond donors (Lipinski definition) is 0. The van der Waals surface area contributed by atoms with Crippen LogP contribution in [0.2, 0.25) is 0 Å². The van der Waals surface area contributed by atoms with Gasteiger partial charge in [0.05, 0.1) is 5.69 Å². The molecule has 0 N–H and O–H groups in total. The lowest BCUT2D eigenvalue weighted by atomic mass is 10.1. The van der Waals surface area contributed by atoms with Gasteiger partial charge in [-0.3, -0.25) is 9.88 Å². The lowest BCUT2D eigenvalue weighted by Gasteiger charge is -2.27. The number of nitrogens with zero attached hydrogens (tertiary/aromatic N) is 2. The molecule has 0 unspecified atom stereocenters. The van der Waals surface area contributed by atoms with E-state index in [4.69, 9.17) is 0 Å². The molecule has 0 aromatic carbocycles. The van der Waals surface area contributed by atoms with Gasteiger partial charge in [0.1, 0.15) is 0 Å². The zero-order chi connectivity index (χ0) is 11.3. The van der Waals surface area contributed by atoms with Crippen LogP contribution in [0, 0.1) is 5.92 Å². The van der Waals surface area contributed by atoms with Crippen molar-refractivity contribution < 1.29 is 0 Å². The van der Waals surface area contributed by atoms with Gasteiger partial charge in [0.2, 0.25) is 0 Å². The molecular formula is C13H22N2. The van der Waals surface area contributed by atoms with E-state index >= 15 is 0 Å². The molecule has 0 aliphatic carbocycles. The minimum atomic E-state index is 0.578. The van der Waals surface area contributed by atoms with Crippen LogP contribution in [0.3, 0.4) is 0 Å². The zero-order valence-corrected chi connectivity index (χ0v) is 10.3. The first-order chi connectivity index (χ1) is 7.09. The number of hydrogen-bond acceptors (Lipinski definition) is 2. The molecule has 0 saturated heterocycles. The molecule has 15 heavy (non-hydrogen) atoms. The average Bonchev–Trinajstić information content (AvgIpc) is 2.17. The molecule has 0 spiro atoms. The van der Waals surface area contributed by atoms with Crippen molar-refractivity contribution in [3.63, 3.8) is 0 Å². The van der Waals surface area contributed by atoms with E-state index in [1.54, 1.807) is 0 Å². The maximum absolute atomic E-state index is 4.37. The molecule has 1 aromatic heterocycles. The number of aromatic nitrogens is 1. The molecule has 2 nitrogen and oxygen atoms in total. The van der Waals surface area contributed by atoms with Gasteiger partial charge in [0, 0.05) is 25.3 Å². The van der Waals surface area contributed by atoms with E-state index in [1.807, 2.05) is 12.3 Å². The summed E-state index contributed by atoms with van der Waals surface area (Å²) in [4.78, 5) is 6.83. The third-order valence-electron chi connectivity index (χ3n) is 2.42. The maximum atomic E-state index is 4.37. The minimum absolute atomic E-state index is 0.578. The van der Waals surface area contributed by atoms with Crippen molar-refractivity contribution in [2.24, 2.45) is 5.92 Å². The quantitative estimate of drug-likeness (QED) is 0.736. The van der Waals surface area contributed by atoms with Crippen LogP contribution in [0.15, 0.2) is 24.4 Å². The Labute approximate surface area is 93.3 Å². The highest BCUT2D eigenvalue weighted by Crippen LogP contribution is 2.08. The molecule has 0 amide bonds. The monoisotopic (exact) mass is 206 g/mol. The third-order valence-corrected chi connectivity index (χ3v) is 2.42. The summed E-state index contributed by atoms with van der Waals surface area (Å²) in [6.45, 7) is 11.1. The second kappa shape index (κ2) is 5.86. The lowest BCUT2D eigenvalue weighted by Crippen LogP contribution is -2.33. The van der Waals surface area contributed by atoms with Crippen molar-refractivity contribution in [3.05, 3.63) is 30.1 Å². The van der Waals surface area contributed by atoms with E-state index in [0.29, 0.717) is 12.0 Å². The molecule has 84 valence electrons. The summed E-state index contributed by atoms with van der Waals surface area (Å²) in [7, 11) is 0. The highest BCUT2D eigenvalue weighted by Gasteiger charge is 2.11. The van der Waals surface area contributed by atoms with Gasteiger partial charge in [-0.15, -0.1) is 0 Å². The fourth-order valence-electron chi connectivity index (χ4n) is 1.63. The molecule has 0 bridgehead atoms. The Balaban J connectivity index is 2.59. The Bertz CT molecular complexity index is 267. The highest BCUT2D eigenvalue weighted by molar-refractivity contribution is 5.03. The topological polar surface area (TPSA) is 16.1 Å². The average molecular weight is 206 g/mol. The van der Waals surface area contributed by atoms with E-state index in [-0.39, 0.29) is 0 Å². The maximum Gasteiger partial charge on any atom is 0.0544 e. The van der Waals surface area contributed by atoms with Crippen LogP contribution in [-0.4, -0.2) is 22.5 Å². The Hall–Kier alpha value is -0.890. The predicted molar refractivity (Wildman–Crippen MR) is 64.6 cm³/mol. The van der Waals surface area contributed by atoms with Crippen LogP contribution in [0.25, 0.3) is 0 Å². The van der Waals surface area contributed by atoms with Crippen molar-refractivity contribution in [2.75, 3.05) is 6.54 Å². The summed E-state index contributed by atoms with van der Waals surface area (Å²) >= 11 is 0. The molecule has 2 heteroatoms. The van der Waals surface area contributed by atoms with Gasteiger partial charge in [-0.25, -0.2) is 0 Å². The fourth-order valence-corrected chi connectivity index (χ4v) is 1.63. The molecule has 0 saturated carbocycles. The summed E-state index contributed by atoms with van der Waals surface area (Å²) in [6.07, 6.45) is 1.86. The van der Waals surface area contributed by atoms with Gasteiger partial charge in [-0.2, -0.15) is 0 Å². The van der Waals surface area contributed by atoms with Crippen LogP contribution < -0.4 is 0 Å². The molecule has 0 aliphatic heterocycles. The Kier molecular flexibility index (Phi) is 4.76. The first-order valence-corrected chi connectivity index (χ1v) is 5.73. The normalized spacial score (nSPS) is 11.7. The van der Waals surface area contributed by atoms with Crippen LogP contribution in [-0.2, 0) is 6.54 Å². The largest absolute Gasteiger partial charge is 0.295 e. The summed E-state index contributed by atoms with van der Waals surface area (Å²) in [5, 5.41) is 0. The van der Waals surface area contributed by atoms with Gasteiger partial charge >= 0.3 is 0 Å². The van der Waals surface area contributed by atoms with Gasteiger partial charge in [0.15, 0.2) is 0 Å². The third kappa shape index (κ3) is 4.43. The molecular weight excluding hydrogens is 184 g/mol. The molecule has 0 radical (unpaired) electrons. The lowest BCUT2D eigenvalue weighted by molar-refractivity contribution is 0.187. The van der Waals surface area contributed by atoms with Gasteiger partial charge < -0.3 is 0 Å².